The molecule has 2 aromatic heterocycles. The molecule has 3 rings (SSSR count). The van der Waals surface area contributed by atoms with E-state index < -0.39 is 0 Å². The molecule has 1 aromatic carbocycles. The summed E-state index contributed by atoms with van der Waals surface area (Å²) < 4.78 is 5.71. The fraction of sp³-hybridized carbons (Fsp3) is 0.222. The van der Waals surface area contributed by atoms with Gasteiger partial charge in [-0.15, -0.1) is 11.3 Å². The van der Waals surface area contributed by atoms with Gasteiger partial charge in [-0.05, 0) is 38.1 Å². The molecule has 0 saturated heterocycles. The number of benzene rings is 1. The summed E-state index contributed by atoms with van der Waals surface area (Å²) >= 11 is 8.91. The van der Waals surface area contributed by atoms with Crippen LogP contribution in [0.5, 0.6) is 5.75 Å². The highest BCUT2D eigenvalue weighted by Gasteiger charge is 2.12. The Hall–Kier alpha value is -2.14. The highest BCUT2D eigenvalue weighted by molar-refractivity contribution is 7.98. The molecule has 132 valence electrons. The lowest BCUT2D eigenvalue weighted by Gasteiger charge is -2.05. The molecule has 0 fully saturated rings. The van der Waals surface area contributed by atoms with Crippen LogP contribution in [0.2, 0.25) is 5.02 Å². The first kappa shape index (κ1) is 18.6. The van der Waals surface area contributed by atoms with Gasteiger partial charge in [0.2, 0.25) is 0 Å². The van der Waals surface area contributed by atoms with Crippen molar-refractivity contribution in [1.82, 2.24) is 15.0 Å². The first-order chi connectivity index (χ1) is 12.5. The molecule has 0 amide bonds. The SMILES string of the molecule is Cc1nc(C)c(C#N)c(SCc2csc(COc3ccc(Cl)cc3)n2)n1. The summed E-state index contributed by atoms with van der Waals surface area (Å²) in [4.78, 5) is 13.2. The average Bonchev–Trinajstić information content (AvgIpc) is 3.07. The van der Waals surface area contributed by atoms with Gasteiger partial charge in [-0.1, -0.05) is 23.4 Å². The van der Waals surface area contributed by atoms with E-state index >= 15 is 0 Å². The van der Waals surface area contributed by atoms with Crippen molar-refractivity contribution in [3.05, 3.63) is 62.5 Å². The predicted molar refractivity (Wildman–Crippen MR) is 104 cm³/mol. The zero-order valence-electron chi connectivity index (χ0n) is 14.2. The van der Waals surface area contributed by atoms with E-state index in [0.717, 1.165) is 16.5 Å². The molecular formula is C18H15ClN4OS2. The van der Waals surface area contributed by atoms with Gasteiger partial charge in [-0.3, -0.25) is 0 Å². The molecule has 0 saturated carbocycles. The van der Waals surface area contributed by atoms with Crippen molar-refractivity contribution in [2.24, 2.45) is 0 Å². The van der Waals surface area contributed by atoms with E-state index in [-0.39, 0.29) is 0 Å². The van der Waals surface area contributed by atoms with Gasteiger partial charge in [0.05, 0.1) is 11.4 Å². The van der Waals surface area contributed by atoms with E-state index in [1.54, 1.807) is 23.5 Å². The second-order valence-electron chi connectivity index (χ2n) is 5.41. The molecule has 0 aliphatic rings. The molecule has 0 aliphatic heterocycles. The van der Waals surface area contributed by atoms with Crippen LogP contribution in [0.1, 0.15) is 27.8 Å². The molecule has 8 heteroatoms. The maximum absolute atomic E-state index is 9.31. The lowest BCUT2D eigenvalue weighted by atomic mass is 10.3. The highest BCUT2D eigenvalue weighted by atomic mass is 35.5. The highest BCUT2D eigenvalue weighted by Crippen LogP contribution is 2.26. The quantitative estimate of drug-likeness (QED) is 0.429. The Kier molecular flexibility index (Phi) is 6.09. The monoisotopic (exact) mass is 402 g/mol. The number of rotatable bonds is 6. The molecule has 0 N–H and O–H groups in total. The van der Waals surface area contributed by atoms with Crippen molar-refractivity contribution >= 4 is 34.7 Å². The van der Waals surface area contributed by atoms with Gasteiger partial charge in [0.15, 0.2) is 0 Å². The summed E-state index contributed by atoms with van der Waals surface area (Å²) in [6, 6.07) is 9.42. The number of nitriles is 1. The van der Waals surface area contributed by atoms with E-state index in [9.17, 15) is 5.26 Å². The van der Waals surface area contributed by atoms with Gasteiger partial charge in [-0.2, -0.15) is 5.26 Å². The Bertz CT molecular complexity index is 951. The van der Waals surface area contributed by atoms with Crippen LogP contribution in [0.15, 0.2) is 34.7 Å². The molecule has 5 nitrogen and oxygen atoms in total. The third kappa shape index (κ3) is 4.73. The van der Waals surface area contributed by atoms with Gasteiger partial charge >= 0.3 is 0 Å². The van der Waals surface area contributed by atoms with Gasteiger partial charge in [0.25, 0.3) is 0 Å². The number of halogens is 1. The minimum Gasteiger partial charge on any atom is -0.486 e. The number of aryl methyl sites for hydroxylation is 2. The van der Waals surface area contributed by atoms with Crippen molar-refractivity contribution in [1.29, 1.82) is 5.26 Å². The standard InChI is InChI=1S/C18H15ClN4OS2/c1-11-16(7-20)18(22-12(2)21-11)26-10-14-9-25-17(23-14)8-24-15-5-3-13(19)4-6-15/h3-6,9H,8,10H2,1-2H3. The summed E-state index contributed by atoms with van der Waals surface area (Å²) in [5.41, 5.74) is 2.17. The Balaban J connectivity index is 1.61. The molecule has 0 aliphatic carbocycles. The number of aromatic nitrogens is 3. The van der Waals surface area contributed by atoms with Crippen molar-refractivity contribution < 1.29 is 4.74 Å². The lowest BCUT2D eigenvalue weighted by molar-refractivity contribution is 0.305. The second-order valence-corrected chi connectivity index (χ2v) is 7.76. The number of nitrogens with zero attached hydrogens (tertiary/aromatic N) is 4. The molecule has 3 aromatic rings. The average molecular weight is 403 g/mol. The van der Waals surface area contributed by atoms with E-state index in [2.05, 4.69) is 21.0 Å². The Morgan fingerprint density at radius 3 is 2.69 bits per heavy atom. The predicted octanol–water partition coefficient (Wildman–Crippen LogP) is 4.95. The maximum atomic E-state index is 9.31. The lowest BCUT2D eigenvalue weighted by Crippen LogP contribution is -1.99. The van der Waals surface area contributed by atoms with E-state index in [4.69, 9.17) is 16.3 Å². The van der Waals surface area contributed by atoms with Crippen LogP contribution in [-0.2, 0) is 12.4 Å². The summed E-state index contributed by atoms with van der Waals surface area (Å²) in [5, 5.41) is 13.6. The third-order valence-corrected chi connectivity index (χ3v) is 5.54. The normalized spacial score (nSPS) is 10.5. The van der Waals surface area contributed by atoms with Crippen molar-refractivity contribution in [2.75, 3.05) is 0 Å². The zero-order chi connectivity index (χ0) is 18.5. The summed E-state index contributed by atoms with van der Waals surface area (Å²) in [5.74, 6) is 2.06. The zero-order valence-corrected chi connectivity index (χ0v) is 16.6. The largest absolute Gasteiger partial charge is 0.486 e. The number of hydrogen-bond donors (Lipinski definition) is 0. The summed E-state index contributed by atoms with van der Waals surface area (Å²) in [7, 11) is 0. The molecule has 0 radical (unpaired) electrons. The number of hydrogen-bond acceptors (Lipinski definition) is 7. The van der Waals surface area contributed by atoms with Crippen LogP contribution in [-0.4, -0.2) is 15.0 Å². The molecule has 0 atom stereocenters. The number of thioether (sulfide) groups is 1. The first-order valence-corrected chi connectivity index (χ1v) is 9.99. The molecule has 2 heterocycles. The third-order valence-electron chi connectivity index (χ3n) is 3.41. The Morgan fingerprint density at radius 2 is 1.96 bits per heavy atom. The topological polar surface area (TPSA) is 71.7 Å². The van der Waals surface area contributed by atoms with E-state index in [1.807, 2.05) is 31.4 Å². The van der Waals surface area contributed by atoms with E-state index in [0.29, 0.717) is 39.5 Å². The molecule has 26 heavy (non-hydrogen) atoms. The first-order valence-electron chi connectivity index (χ1n) is 7.75. The molecular weight excluding hydrogens is 388 g/mol. The van der Waals surface area contributed by atoms with E-state index in [1.165, 1.54) is 11.8 Å². The molecule has 0 spiro atoms. The molecule has 0 bridgehead atoms. The van der Waals surface area contributed by atoms with Crippen LogP contribution in [0.4, 0.5) is 0 Å². The summed E-state index contributed by atoms with van der Waals surface area (Å²) in [6.07, 6.45) is 0. The van der Waals surface area contributed by atoms with Crippen molar-refractivity contribution in [3.8, 4) is 11.8 Å². The van der Waals surface area contributed by atoms with Gasteiger partial charge in [0, 0.05) is 16.2 Å². The van der Waals surface area contributed by atoms with Crippen molar-refractivity contribution in [3.63, 3.8) is 0 Å². The van der Waals surface area contributed by atoms with Gasteiger partial charge in [0.1, 0.15) is 39.8 Å². The summed E-state index contributed by atoms with van der Waals surface area (Å²) in [6.45, 7) is 4.06. The van der Waals surface area contributed by atoms with Crippen LogP contribution < -0.4 is 4.74 Å². The minimum atomic E-state index is 0.409. The van der Waals surface area contributed by atoms with Gasteiger partial charge in [-0.25, -0.2) is 15.0 Å². The Morgan fingerprint density at radius 1 is 1.19 bits per heavy atom. The van der Waals surface area contributed by atoms with Crippen LogP contribution in [0.3, 0.4) is 0 Å². The van der Waals surface area contributed by atoms with Gasteiger partial charge < -0.3 is 4.74 Å². The minimum absolute atomic E-state index is 0.409. The fourth-order valence-corrected chi connectivity index (χ4v) is 4.12. The maximum Gasteiger partial charge on any atom is 0.140 e. The second kappa shape index (κ2) is 8.49. The fourth-order valence-electron chi connectivity index (χ4n) is 2.21. The molecule has 0 unspecified atom stereocenters. The van der Waals surface area contributed by atoms with Crippen molar-refractivity contribution in [2.45, 2.75) is 31.2 Å². The van der Waals surface area contributed by atoms with Crippen LogP contribution in [0, 0.1) is 25.2 Å². The smallest absolute Gasteiger partial charge is 0.140 e. The number of ether oxygens (including phenoxy) is 1. The Labute approximate surface area is 165 Å². The number of thiazole rings is 1. The van der Waals surface area contributed by atoms with Crippen LogP contribution >= 0.6 is 34.7 Å². The van der Waals surface area contributed by atoms with Crippen LogP contribution in [0.25, 0.3) is 0 Å².